The average Bonchev–Trinajstić information content (AvgIpc) is 2.74. The molecule has 7 nitrogen and oxygen atoms in total. The zero-order valence-electron chi connectivity index (χ0n) is 17.5. The molecule has 0 bridgehead atoms. The van der Waals surface area contributed by atoms with Gasteiger partial charge in [-0.1, -0.05) is 13.8 Å². The van der Waals surface area contributed by atoms with Crippen molar-refractivity contribution in [3.63, 3.8) is 0 Å². The maximum absolute atomic E-state index is 9.90. The van der Waals surface area contributed by atoms with Crippen LogP contribution in [-0.2, 0) is 0 Å². The van der Waals surface area contributed by atoms with E-state index in [0.717, 1.165) is 74.6 Å². The van der Waals surface area contributed by atoms with E-state index in [1.807, 2.05) is 12.4 Å². The molecule has 1 saturated carbocycles. The Bertz CT molecular complexity index is 814. The molecular weight excluding hydrogens is 366 g/mol. The predicted octanol–water partition coefficient (Wildman–Crippen LogP) is 3.24. The van der Waals surface area contributed by atoms with Crippen molar-refractivity contribution in [2.45, 2.75) is 70.5 Å². The second-order valence-corrected chi connectivity index (χ2v) is 8.82. The first-order valence-electron chi connectivity index (χ1n) is 11.0. The van der Waals surface area contributed by atoms with Crippen molar-refractivity contribution in [3.8, 4) is 5.88 Å². The van der Waals surface area contributed by atoms with Crippen LogP contribution in [0.1, 0.15) is 63.9 Å². The summed E-state index contributed by atoms with van der Waals surface area (Å²) >= 11 is 0. The standard InChI is InChI=1S/C22H33N5O2/c1-14(2)11-25-22-26-13-19-20(27-22)18(15-3-5-16(28)6-4-15)12-24-21(19)29-17-7-9-23-10-8-17/h12-17,23,28H,3-11H2,1-2H3,(H,25,26,27). The normalized spacial score (nSPS) is 23.4. The lowest BCUT2D eigenvalue weighted by molar-refractivity contribution is 0.122. The lowest BCUT2D eigenvalue weighted by Crippen LogP contribution is -2.34. The zero-order valence-corrected chi connectivity index (χ0v) is 17.5. The topological polar surface area (TPSA) is 92.2 Å². The molecule has 2 aliphatic rings. The minimum Gasteiger partial charge on any atom is -0.474 e. The van der Waals surface area contributed by atoms with Gasteiger partial charge in [-0.15, -0.1) is 0 Å². The van der Waals surface area contributed by atoms with Gasteiger partial charge in [-0.2, -0.15) is 0 Å². The molecule has 7 heteroatoms. The van der Waals surface area contributed by atoms with Gasteiger partial charge >= 0.3 is 0 Å². The van der Waals surface area contributed by atoms with E-state index < -0.39 is 0 Å². The van der Waals surface area contributed by atoms with Crippen LogP contribution in [0.25, 0.3) is 10.9 Å². The first-order valence-corrected chi connectivity index (χ1v) is 11.0. The van der Waals surface area contributed by atoms with E-state index in [-0.39, 0.29) is 12.2 Å². The van der Waals surface area contributed by atoms with E-state index in [2.05, 4.69) is 29.5 Å². The lowest BCUT2D eigenvalue weighted by Gasteiger charge is -2.27. The van der Waals surface area contributed by atoms with Crippen molar-refractivity contribution >= 4 is 16.9 Å². The van der Waals surface area contributed by atoms with Gasteiger partial charge in [-0.05, 0) is 63.5 Å². The highest BCUT2D eigenvalue weighted by atomic mass is 16.5. The first-order chi connectivity index (χ1) is 14.1. The van der Waals surface area contributed by atoms with Crippen LogP contribution in [0.4, 0.5) is 5.95 Å². The molecule has 0 amide bonds. The first kappa shape index (κ1) is 20.3. The number of anilines is 1. The third kappa shape index (κ3) is 4.95. The van der Waals surface area contributed by atoms with Gasteiger partial charge in [0.25, 0.3) is 0 Å². The summed E-state index contributed by atoms with van der Waals surface area (Å²) in [4.78, 5) is 14.1. The van der Waals surface area contributed by atoms with Crippen LogP contribution in [0.3, 0.4) is 0 Å². The summed E-state index contributed by atoms with van der Waals surface area (Å²) < 4.78 is 6.27. The molecule has 2 aromatic heterocycles. The summed E-state index contributed by atoms with van der Waals surface area (Å²) in [6.07, 6.45) is 9.38. The fourth-order valence-electron chi connectivity index (χ4n) is 4.25. The molecule has 1 aliphatic carbocycles. The molecule has 3 N–H and O–H groups in total. The number of piperidine rings is 1. The second-order valence-electron chi connectivity index (χ2n) is 8.82. The molecule has 1 aliphatic heterocycles. The number of hydrogen-bond donors (Lipinski definition) is 3. The van der Waals surface area contributed by atoms with E-state index in [9.17, 15) is 5.11 Å². The monoisotopic (exact) mass is 399 g/mol. The Morgan fingerprint density at radius 1 is 1.10 bits per heavy atom. The van der Waals surface area contributed by atoms with Crippen LogP contribution in [0.15, 0.2) is 12.4 Å². The van der Waals surface area contributed by atoms with Gasteiger partial charge in [0.1, 0.15) is 6.10 Å². The van der Waals surface area contributed by atoms with Crippen LogP contribution >= 0.6 is 0 Å². The minimum absolute atomic E-state index is 0.175. The summed E-state index contributed by atoms with van der Waals surface area (Å²) in [5.41, 5.74) is 2.09. The molecule has 2 fully saturated rings. The Morgan fingerprint density at radius 2 is 1.86 bits per heavy atom. The van der Waals surface area contributed by atoms with Crippen molar-refractivity contribution in [1.29, 1.82) is 0 Å². The number of nitrogens with one attached hydrogen (secondary N) is 2. The maximum Gasteiger partial charge on any atom is 0.224 e. The van der Waals surface area contributed by atoms with Gasteiger partial charge in [-0.25, -0.2) is 15.0 Å². The number of aliphatic hydroxyl groups excluding tert-OH is 1. The lowest BCUT2D eigenvalue weighted by atomic mass is 9.83. The van der Waals surface area contributed by atoms with E-state index in [1.165, 1.54) is 0 Å². The highest BCUT2D eigenvalue weighted by Crippen LogP contribution is 2.38. The summed E-state index contributed by atoms with van der Waals surface area (Å²) in [6.45, 7) is 7.12. The van der Waals surface area contributed by atoms with Crippen LogP contribution in [-0.4, -0.2) is 51.9 Å². The fourth-order valence-corrected chi connectivity index (χ4v) is 4.25. The number of rotatable bonds is 6. The Morgan fingerprint density at radius 3 is 2.59 bits per heavy atom. The summed E-state index contributed by atoms with van der Waals surface area (Å²) in [5.74, 6) is 2.18. The van der Waals surface area contributed by atoms with Gasteiger partial charge in [0.2, 0.25) is 11.8 Å². The largest absolute Gasteiger partial charge is 0.474 e. The van der Waals surface area contributed by atoms with Gasteiger partial charge in [0, 0.05) is 24.5 Å². The van der Waals surface area contributed by atoms with Crippen LogP contribution in [0, 0.1) is 5.92 Å². The van der Waals surface area contributed by atoms with Gasteiger partial charge < -0.3 is 20.5 Å². The molecule has 158 valence electrons. The van der Waals surface area contributed by atoms with Crippen molar-refractivity contribution in [2.75, 3.05) is 25.0 Å². The quantitative estimate of drug-likeness (QED) is 0.687. The number of aromatic nitrogens is 3. The summed E-state index contributed by atoms with van der Waals surface area (Å²) in [7, 11) is 0. The molecule has 1 saturated heterocycles. The Kier molecular flexibility index (Phi) is 6.45. The Labute approximate surface area is 172 Å². The number of hydrogen-bond acceptors (Lipinski definition) is 7. The molecule has 2 aromatic rings. The Hall–Kier alpha value is -1.99. The minimum atomic E-state index is -0.175. The zero-order chi connectivity index (χ0) is 20.2. The molecule has 0 aromatic carbocycles. The van der Waals surface area contributed by atoms with Crippen LogP contribution < -0.4 is 15.4 Å². The number of pyridine rings is 1. The van der Waals surface area contributed by atoms with Gasteiger partial charge in [0.15, 0.2) is 0 Å². The Balaban J connectivity index is 1.67. The second kappa shape index (κ2) is 9.22. The van der Waals surface area contributed by atoms with Crippen molar-refractivity contribution in [3.05, 3.63) is 18.0 Å². The summed E-state index contributed by atoms with van der Waals surface area (Å²) in [5, 5.41) is 17.5. The number of ether oxygens (including phenoxy) is 1. The third-order valence-corrected chi connectivity index (χ3v) is 5.98. The maximum atomic E-state index is 9.90. The van der Waals surface area contributed by atoms with E-state index in [0.29, 0.717) is 23.7 Å². The highest BCUT2D eigenvalue weighted by Gasteiger charge is 2.25. The highest BCUT2D eigenvalue weighted by molar-refractivity contribution is 5.86. The van der Waals surface area contributed by atoms with E-state index >= 15 is 0 Å². The summed E-state index contributed by atoms with van der Waals surface area (Å²) in [6, 6.07) is 0. The molecule has 0 unspecified atom stereocenters. The molecule has 0 spiro atoms. The predicted molar refractivity (Wildman–Crippen MR) is 114 cm³/mol. The third-order valence-electron chi connectivity index (χ3n) is 5.98. The number of aliphatic hydroxyl groups is 1. The molecular formula is C22H33N5O2. The molecule has 29 heavy (non-hydrogen) atoms. The number of nitrogens with zero attached hydrogens (tertiary/aromatic N) is 3. The van der Waals surface area contributed by atoms with Gasteiger partial charge in [0.05, 0.1) is 17.0 Å². The average molecular weight is 400 g/mol. The number of fused-ring (bicyclic) bond motifs is 1. The SMILES string of the molecule is CC(C)CNc1ncc2c(OC3CCNCC3)ncc(C3CCC(O)CC3)c2n1. The van der Waals surface area contributed by atoms with Crippen LogP contribution in [0.2, 0.25) is 0 Å². The molecule has 3 heterocycles. The fraction of sp³-hybridized carbons (Fsp3) is 0.682. The van der Waals surface area contributed by atoms with Crippen LogP contribution in [0.5, 0.6) is 5.88 Å². The molecule has 0 atom stereocenters. The van der Waals surface area contributed by atoms with E-state index in [1.54, 1.807) is 0 Å². The smallest absolute Gasteiger partial charge is 0.224 e. The van der Waals surface area contributed by atoms with Gasteiger partial charge in [-0.3, -0.25) is 0 Å². The molecule has 0 radical (unpaired) electrons. The van der Waals surface area contributed by atoms with E-state index in [4.69, 9.17) is 14.7 Å². The molecule has 4 rings (SSSR count). The van der Waals surface area contributed by atoms with Crippen molar-refractivity contribution in [1.82, 2.24) is 20.3 Å². The van der Waals surface area contributed by atoms with Crippen molar-refractivity contribution < 1.29 is 9.84 Å². The van der Waals surface area contributed by atoms with Crippen molar-refractivity contribution in [2.24, 2.45) is 5.92 Å².